The highest BCUT2D eigenvalue weighted by Crippen LogP contribution is 2.54. The summed E-state index contributed by atoms with van der Waals surface area (Å²) < 4.78 is 2.36. The van der Waals surface area contributed by atoms with Gasteiger partial charge in [-0.15, -0.1) is 0 Å². The van der Waals surface area contributed by atoms with Gasteiger partial charge in [0.2, 0.25) is 0 Å². The summed E-state index contributed by atoms with van der Waals surface area (Å²) in [5.41, 5.74) is 5.68. The van der Waals surface area contributed by atoms with E-state index in [9.17, 15) is 0 Å². The average molecular weight is 443 g/mol. The molecule has 0 amide bonds. The SMILES string of the molecule is NNC(c1cc(I)ccc1Br)C1CC1c1ccccc1. The molecule has 1 saturated carbocycles. The molecule has 0 heterocycles. The third-order valence-electron chi connectivity index (χ3n) is 3.97. The highest BCUT2D eigenvalue weighted by Gasteiger charge is 2.44. The second-order valence-corrected chi connectivity index (χ2v) is 7.33. The Bertz CT molecular complexity index is 603. The maximum Gasteiger partial charge on any atom is 0.0505 e. The molecule has 0 spiro atoms. The molecule has 3 rings (SSSR count). The van der Waals surface area contributed by atoms with E-state index < -0.39 is 0 Å². The van der Waals surface area contributed by atoms with Crippen molar-refractivity contribution in [2.24, 2.45) is 11.8 Å². The van der Waals surface area contributed by atoms with Crippen LogP contribution in [-0.4, -0.2) is 0 Å². The minimum absolute atomic E-state index is 0.198. The molecular weight excluding hydrogens is 427 g/mol. The Kier molecular flexibility index (Phi) is 4.45. The van der Waals surface area contributed by atoms with Crippen molar-refractivity contribution in [2.45, 2.75) is 18.4 Å². The summed E-state index contributed by atoms with van der Waals surface area (Å²) in [7, 11) is 0. The Hall–Kier alpha value is -0.430. The van der Waals surface area contributed by atoms with Gasteiger partial charge >= 0.3 is 0 Å². The third-order valence-corrected chi connectivity index (χ3v) is 5.36. The predicted octanol–water partition coefficient (Wildman–Crippen LogP) is 4.36. The fraction of sp³-hybridized carbons (Fsp3) is 0.250. The van der Waals surface area contributed by atoms with Crippen LogP contribution in [0, 0.1) is 9.49 Å². The Morgan fingerprint density at radius 1 is 1.20 bits per heavy atom. The number of benzene rings is 2. The van der Waals surface area contributed by atoms with Crippen LogP contribution < -0.4 is 11.3 Å². The third kappa shape index (κ3) is 2.93. The molecule has 2 aromatic carbocycles. The molecule has 20 heavy (non-hydrogen) atoms. The summed E-state index contributed by atoms with van der Waals surface area (Å²) in [4.78, 5) is 0. The first kappa shape index (κ1) is 14.5. The molecular formula is C16H16BrIN2. The molecule has 104 valence electrons. The highest BCUT2D eigenvalue weighted by atomic mass is 127. The van der Waals surface area contributed by atoms with Gasteiger partial charge in [-0.25, -0.2) is 0 Å². The van der Waals surface area contributed by atoms with E-state index in [2.05, 4.69) is 92.5 Å². The predicted molar refractivity (Wildman–Crippen MR) is 94.2 cm³/mol. The lowest BCUT2D eigenvalue weighted by Crippen LogP contribution is -2.30. The van der Waals surface area contributed by atoms with Crippen molar-refractivity contribution in [3.05, 3.63) is 67.7 Å². The molecule has 0 saturated heterocycles. The number of nitrogens with two attached hydrogens (primary N) is 1. The van der Waals surface area contributed by atoms with E-state index in [0.717, 1.165) is 4.47 Å². The summed E-state index contributed by atoms with van der Waals surface area (Å²) in [5.74, 6) is 7.01. The van der Waals surface area contributed by atoms with Crippen molar-refractivity contribution in [3.63, 3.8) is 0 Å². The molecule has 4 heteroatoms. The van der Waals surface area contributed by atoms with E-state index in [4.69, 9.17) is 5.84 Å². The molecule has 2 nitrogen and oxygen atoms in total. The fourth-order valence-electron chi connectivity index (χ4n) is 2.86. The van der Waals surface area contributed by atoms with Crippen molar-refractivity contribution >= 4 is 38.5 Å². The van der Waals surface area contributed by atoms with Crippen LogP contribution in [0.5, 0.6) is 0 Å². The molecule has 2 aromatic rings. The number of hydrogen-bond acceptors (Lipinski definition) is 2. The summed E-state index contributed by atoms with van der Waals surface area (Å²) in [6.07, 6.45) is 1.19. The molecule has 0 radical (unpaired) electrons. The summed E-state index contributed by atoms with van der Waals surface area (Å²) in [5, 5.41) is 0. The van der Waals surface area contributed by atoms with Crippen molar-refractivity contribution in [2.75, 3.05) is 0 Å². The Balaban J connectivity index is 1.84. The fourth-order valence-corrected chi connectivity index (χ4v) is 3.87. The van der Waals surface area contributed by atoms with Crippen LogP contribution in [0.3, 0.4) is 0 Å². The van der Waals surface area contributed by atoms with Crippen molar-refractivity contribution in [1.29, 1.82) is 0 Å². The van der Waals surface area contributed by atoms with Gasteiger partial charge in [0.15, 0.2) is 0 Å². The standard InChI is InChI=1S/C16H16BrIN2/c17-15-7-6-11(18)8-14(15)16(20-19)13-9-12(13)10-4-2-1-3-5-10/h1-8,12-13,16,20H,9,19H2. The Morgan fingerprint density at radius 3 is 2.65 bits per heavy atom. The van der Waals surface area contributed by atoms with Gasteiger partial charge in [-0.2, -0.15) is 0 Å². The topological polar surface area (TPSA) is 38.0 Å². The number of rotatable bonds is 4. The lowest BCUT2D eigenvalue weighted by Gasteiger charge is -2.18. The minimum atomic E-state index is 0.198. The zero-order valence-electron chi connectivity index (χ0n) is 10.9. The van der Waals surface area contributed by atoms with Gasteiger partial charge in [0, 0.05) is 8.04 Å². The van der Waals surface area contributed by atoms with Gasteiger partial charge in [0.25, 0.3) is 0 Å². The van der Waals surface area contributed by atoms with E-state index in [1.807, 2.05) is 0 Å². The second-order valence-electron chi connectivity index (χ2n) is 5.23. The van der Waals surface area contributed by atoms with Crippen molar-refractivity contribution in [3.8, 4) is 0 Å². The van der Waals surface area contributed by atoms with E-state index in [0.29, 0.717) is 11.8 Å². The Morgan fingerprint density at radius 2 is 1.95 bits per heavy atom. The maximum absolute atomic E-state index is 5.83. The van der Waals surface area contributed by atoms with Crippen LogP contribution in [0.4, 0.5) is 0 Å². The zero-order chi connectivity index (χ0) is 14.1. The van der Waals surface area contributed by atoms with Crippen LogP contribution in [0.1, 0.15) is 29.5 Å². The van der Waals surface area contributed by atoms with E-state index in [1.165, 1.54) is 21.1 Å². The van der Waals surface area contributed by atoms with Crippen LogP contribution in [0.2, 0.25) is 0 Å². The molecule has 0 aliphatic heterocycles. The number of nitrogens with one attached hydrogen (secondary N) is 1. The molecule has 0 bridgehead atoms. The van der Waals surface area contributed by atoms with Crippen LogP contribution in [0.25, 0.3) is 0 Å². The number of halogens is 2. The quantitative estimate of drug-likeness (QED) is 0.419. The van der Waals surface area contributed by atoms with E-state index in [-0.39, 0.29) is 6.04 Å². The lowest BCUT2D eigenvalue weighted by molar-refractivity contribution is 0.485. The molecule has 3 unspecified atom stereocenters. The second kappa shape index (κ2) is 6.13. The molecule has 3 atom stereocenters. The molecule has 1 fully saturated rings. The largest absolute Gasteiger partial charge is 0.271 e. The van der Waals surface area contributed by atoms with Gasteiger partial charge in [-0.05, 0) is 70.2 Å². The van der Waals surface area contributed by atoms with E-state index >= 15 is 0 Å². The smallest absolute Gasteiger partial charge is 0.0505 e. The maximum atomic E-state index is 5.83. The monoisotopic (exact) mass is 442 g/mol. The molecule has 0 aromatic heterocycles. The first-order valence-corrected chi connectivity index (χ1v) is 8.54. The first-order valence-electron chi connectivity index (χ1n) is 6.66. The summed E-state index contributed by atoms with van der Waals surface area (Å²) in [6, 6.07) is 17.3. The van der Waals surface area contributed by atoms with Gasteiger partial charge in [-0.1, -0.05) is 46.3 Å². The molecule has 3 N–H and O–H groups in total. The Labute approximate surface area is 141 Å². The van der Waals surface area contributed by atoms with E-state index in [1.54, 1.807) is 0 Å². The molecule has 1 aliphatic carbocycles. The number of hydrogen-bond donors (Lipinski definition) is 2. The lowest BCUT2D eigenvalue weighted by atomic mass is 9.99. The number of hydrazine groups is 1. The zero-order valence-corrected chi connectivity index (χ0v) is 14.6. The van der Waals surface area contributed by atoms with Gasteiger partial charge in [-0.3, -0.25) is 11.3 Å². The van der Waals surface area contributed by atoms with Crippen LogP contribution >= 0.6 is 38.5 Å². The van der Waals surface area contributed by atoms with Gasteiger partial charge in [0.1, 0.15) is 0 Å². The van der Waals surface area contributed by atoms with Gasteiger partial charge in [0.05, 0.1) is 6.04 Å². The highest BCUT2D eigenvalue weighted by molar-refractivity contribution is 14.1. The van der Waals surface area contributed by atoms with Gasteiger partial charge < -0.3 is 0 Å². The summed E-state index contributed by atoms with van der Waals surface area (Å²) >= 11 is 5.99. The normalized spacial score (nSPS) is 22.6. The van der Waals surface area contributed by atoms with Crippen molar-refractivity contribution < 1.29 is 0 Å². The summed E-state index contributed by atoms with van der Waals surface area (Å²) in [6.45, 7) is 0. The first-order chi connectivity index (χ1) is 9.70. The van der Waals surface area contributed by atoms with Crippen LogP contribution in [-0.2, 0) is 0 Å². The van der Waals surface area contributed by atoms with Crippen molar-refractivity contribution in [1.82, 2.24) is 5.43 Å². The average Bonchev–Trinajstić information content (AvgIpc) is 3.25. The van der Waals surface area contributed by atoms with Crippen LogP contribution in [0.15, 0.2) is 53.0 Å². The molecule has 1 aliphatic rings. The minimum Gasteiger partial charge on any atom is -0.271 e.